The van der Waals surface area contributed by atoms with Gasteiger partial charge in [0, 0.05) is 20.0 Å². The van der Waals surface area contributed by atoms with Crippen LogP contribution in [0.2, 0.25) is 0 Å². The van der Waals surface area contributed by atoms with Gasteiger partial charge in [-0.2, -0.15) is 0 Å². The summed E-state index contributed by atoms with van der Waals surface area (Å²) in [6.07, 6.45) is -0.262. The molecule has 0 aromatic carbocycles. The lowest BCUT2D eigenvalue weighted by Gasteiger charge is -2.03. The van der Waals surface area contributed by atoms with Gasteiger partial charge in [0.2, 0.25) is 0 Å². The van der Waals surface area contributed by atoms with Crippen LogP contribution in [0.3, 0.4) is 0 Å². The maximum absolute atomic E-state index is 10.7. The Morgan fingerprint density at radius 2 is 2.36 bits per heavy atom. The molecule has 0 aromatic rings. The highest BCUT2D eigenvalue weighted by atomic mass is 16.5. The van der Waals surface area contributed by atoms with E-state index in [9.17, 15) is 9.59 Å². The summed E-state index contributed by atoms with van der Waals surface area (Å²) in [5.41, 5.74) is 0. The van der Waals surface area contributed by atoms with E-state index >= 15 is 0 Å². The van der Waals surface area contributed by atoms with Gasteiger partial charge < -0.3 is 14.6 Å². The number of hydrogen-bond donors (Lipinski definition) is 1. The fourth-order valence-electron chi connectivity index (χ4n) is 0.677. The van der Waals surface area contributed by atoms with Crippen LogP contribution in [0.15, 0.2) is 0 Å². The Kier molecular flexibility index (Phi) is 5.60. The molecule has 0 heterocycles. The minimum Gasteiger partial charge on any atom is -0.392 e. The fourth-order valence-corrected chi connectivity index (χ4v) is 0.677. The van der Waals surface area contributed by atoms with Crippen molar-refractivity contribution in [3.63, 3.8) is 0 Å². The van der Waals surface area contributed by atoms with Crippen LogP contribution in [0.1, 0.15) is 12.8 Å². The maximum Gasteiger partial charge on any atom is 0.161 e. The summed E-state index contributed by atoms with van der Waals surface area (Å²) in [7, 11) is 1.41. The van der Waals surface area contributed by atoms with E-state index in [2.05, 4.69) is 4.74 Å². The van der Waals surface area contributed by atoms with E-state index in [4.69, 9.17) is 5.11 Å². The first kappa shape index (κ1) is 10.3. The van der Waals surface area contributed by atoms with Crippen molar-refractivity contribution in [2.24, 2.45) is 0 Å². The van der Waals surface area contributed by atoms with Crippen LogP contribution in [-0.4, -0.2) is 37.0 Å². The molecule has 0 aliphatic rings. The number of hydrogen-bond acceptors (Lipinski definition) is 4. The third-order valence-electron chi connectivity index (χ3n) is 1.14. The van der Waals surface area contributed by atoms with E-state index in [0.717, 1.165) is 0 Å². The Morgan fingerprint density at radius 3 is 2.82 bits per heavy atom. The number of ether oxygens (including phenoxy) is 1. The Labute approximate surface area is 65.2 Å². The highest BCUT2D eigenvalue weighted by Crippen LogP contribution is 1.96. The van der Waals surface area contributed by atoms with Gasteiger partial charge in [0.25, 0.3) is 0 Å². The molecule has 0 fully saturated rings. The Morgan fingerprint density at radius 1 is 1.73 bits per heavy atom. The monoisotopic (exact) mass is 160 g/mol. The molecule has 0 spiro atoms. The van der Waals surface area contributed by atoms with E-state index < -0.39 is 6.10 Å². The van der Waals surface area contributed by atoms with Gasteiger partial charge >= 0.3 is 0 Å². The van der Waals surface area contributed by atoms with Crippen molar-refractivity contribution in [2.45, 2.75) is 18.9 Å². The molecule has 1 N–H and O–H groups in total. The van der Waals surface area contributed by atoms with Crippen LogP contribution in [0.5, 0.6) is 0 Å². The molecule has 0 aliphatic carbocycles. The van der Waals surface area contributed by atoms with Crippen molar-refractivity contribution in [2.75, 3.05) is 13.7 Å². The number of rotatable bonds is 6. The Bertz CT molecular complexity index is 132. The number of Topliss-reactive ketones (excluding diaryl/α,β-unsaturated/α-hetero) is 1. The molecule has 1 unspecified atom stereocenters. The predicted molar refractivity (Wildman–Crippen MR) is 38.2 cm³/mol. The third-order valence-corrected chi connectivity index (χ3v) is 1.14. The van der Waals surface area contributed by atoms with Crippen LogP contribution in [0, 0.1) is 0 Å². The first-order chi connectivity index (χ1) is 5.20. The molecule has 0 aliphatic heterocycles. The zero-order valence-corrected chi connectivity index (χ0v) is 6.45. The van der Waals surface area contributed by atoms with Crippen molar-refractivity contribution in [3.05, 3.63) is 0 Å². The number of carbonyl (C=O) groups is 2. The molecule has 4 heteroatoms. The van der Waals surface area contributed by atoms with Gasteiger partial charge in [0.15, 0.2) is 5.78 Å². The molecular weight excluding hydrogens is 148 g/mol. The van der Waals surface area contributed by atoms with Crippen LogP contribution >= 0.6 is 0 Å². The summed E-state index contributed by atoms with van der Waals surface area (Å²) < 4.78 is 4.53. The largest absolute Gasteiger partial charge is 0.392 e. The molecule has 0 amide bonds. The second-order valence-electron chi connectivity index (χ2n) is 2.23. The van der Waals surface area contributed by atoms with Crippen LogP contribution in [-0.2, 0) is 14.3 Å². The minimum absolute atomic E-state index is 0.00405. The number of methoxy groups -OCH3 is 1. The molecule has 4 nitrogen and oxygen atoms in total. The second kappa shape index (κ2) is 6.00. The lowest BCUT2D eigenvalue weighted by Crippen LogP contribution is -2.17. The fraction of sp³-hybridized carbons (Fsp3) is 0.714. The van der Waals surface area contributed by atoms with Crippen molar-refractivity contribution in [3.8, 4) is 0 Å². The van der Waals surface area contributed by atoms with Crippen LogP contribution in [0.4, 0.5) is 0 Å². The summed E-state index contributed by atoms with van der Waals surface area (Å²) in [6, 6.07) is 0. The van der Waals surface area contributed by atoms with Gasteiger partial charge in [-0.05, 0) is 0 Å². The van der Waals surface area contributed by atoms with Gasteiger partial charge in [-0.25, -0.2) is 0 Å². The van der Waals surface area contributed by atoms with Gasteiger partial charge in [0.1, 0.15) is 12.9 Å². The molecule has 0 aromatic heterocycles. The number of aliphatic hydroxyl groups is 1. The van der Waals surface area contributed by atoms with Crippen molar-refractivity contribution in [1.82, 2.24) is 0 Å². The molecule has 1 atom stereocenters. The smallest absolute Gasteiger partial charge is 0.161 e. The van der Waals surface area contributed by atoms with E-state index in [1.807, 2.05) is 0 Å². The average Bonchev–Trinajstić information content (AvgIpc) is 1.87. The SMILES string of the molecule is COCC(=O)CC(O)CC=O. The van der Waals surface area contributed by atoms with Gasteiger partial charge in [-0.15, -0.1) is 0 Å². The predicted octanol–water partition coefficient (Wildman–Crippen LogP) is -0.458. The summed E-state index contributed by atoms with van der Waals surface area (Å²) in [4.78, 5) is 20.6. The van der Waals surface area contributed by atoms with E-state index in [1.54, 1.807) is 0 Å². The standard InChI is InChI=1S/C7H12O4/c1-11-5-7(10)4-6(9)2-3-8/h3,6,9H,2,4-5H2,1H3. The molecule has 11 heavy (non-hydrogen) atoms. The highest BCUT2D eigenvalue weighted by molar-refractivity contribution is 5.80. The van der Waals surface area contributed by atoms with Crippen molar-refractivity contribution in [1.29, 1.82) is 0 Å². The zero-order valence-electron chi connectivity index (χ0n) is 6.45. The van der Waals surface area contributed by atoms with Crippen LogP contribution in [0.25, 0.3) is 0 Å². The summed E-state index contributed by atoms with van der Waals surface area (Å²) in [5, 5.41) is 8.94. The van der Waals surface area contributed by atoms with E-state index in [0.29, 0.717) is 6.29 Å². The van der Waals surface area contributed by atoms with E-state index in [-0.39, 0.29) is 25.2 Å². The molecule has 0 bridgehead atoms. The summed E-state index contributed by atoms with van der Waals surface area (Å²) in [5.74, 6) is -0.193. The zero-order chi connectivity index (χ0) is 8.69. The van der Waals surface area contributed by atoms with Crippen molar-refractivity contribution < 1.29 is 19.4 Å². The maximum atomic E-state index is 10.7. The quantitative estimate of drug-likeness (QED) is 0.534. The molecule has 0 radical (unpaired) electrons. The molecule has 0 saturated carbocycles. The third kappa shape index (κ3) is 5.69. The Balaban J connectivity index is 3.48. The number of aldehydes is 1. The normalized spacial score (nSPS) is 12.5. The molecular formula is C7H12O4. The Hall–Kier alpha value is -0.740. The summed E-state index contributed by atoms with van der Waals surface area (Å²) >= 11 is 0. The average molecular weight is 160 g/mol. The first-order valence-electron chi connectivity index (χ1n) is 3.33. The van der Waals surface area contributed by atoms with Gasteiger partial charge in [-0.3, -0.25) is 4.79 Å². The summed E-state index contributed by atoms with van der Waals surface area (Å²) in [6.45, 7) is -0.00405. The number of ketones is 1. The lowest BCUT2D eigenvalue weighted by molar-refractivity contribution is -0.124. The van der Waals surface area contributed by atoms with Crippen molar-refractivity contribution >= 4 is 12.1 Å². The highest BCUT2D eigenvalue weighted by Gasteiger charge is 2.09. The van der Waals surface area contributed by atoms with E-state index in [1.165, 1.54) is 7.11 Å². The molecule has 0 rings (SSSR count). The van der Waals surface area contributed by atoms with Gasteiger partial charge in [-0.1, -0.05) is 0 Å². The minimum atomic E-state index is -0.852. The van der Waals surface area contributed by atoms with Crippen LogP contribution < -0.4 is 0 Å². The van der Waals surface area contributed by atoms with Gasteiger partial charge in [0.05, 0.1) is 6.10 Å². The second-order valence-corrected chi connectivity index (χ2v) is 2.23. The lowest BCUT2D eigenvalue weighted by atomic mass is 10.1. The topological polar surface area (TPSA) is 63.6 Å². The number of aliphatic hydroxyl groups excluding tert-OH is 1. The molecule has 64 valence electrons. The number of carbonyl (C=O) groups excluding carboxylic acids is 2. The molecule has 0 saturated heterocycles. The first-order valence-corrected chi connectivity index (χ1v) is 3.33.